The first-order valence-electron chi connectivity index (χ1n) is 7.42. The Morgan fingerprint density at radius 2 is 2.21 bits per heavy atom. The van der Waals surface area contributed by atoms with Crippen molar-refractivity contribution in [2.45, 2.75) is 6.92 Å². The number of thiazole rings is 1. The van der Waals surface area contributed by atoms with Crippen molar-refractivity contribution in [1.82, 2.24) is 4.98 Å². The van der Waals surface area contributed by atoms with Crippen LogP contribution in [0.4, 0.5) is 5.13 Å². The van der Waals surface area contributed by atoms with Crippen LogP contribution >= 0.6 is 22.9 Å². The standard InChI is InChI=1S/C18H15ClN2O2S/c1-2-23-14-7-8-15-16(11-14)24-18(20-15)21-17(22)9-6-12-4-3-5-13(19)10-12/h3-11H,2H2,1H3,(H,20,21,22). The Bertz CT molecular complexity index is 905. The summed E-state index contributed by atoms with van der Waals surface area (Å²) in [5.74, 6) is 0.562. The summed E-state index contributed by atoms with van der Waals surface area (Å²) in [6.45, 7) is 2.55. The van der Waals surface area contributed by atoms with Crippen LogP contribution in [0.25, 0.3) is 16.3 Å². The number of hydrogen-bond donors (Lipinski definition) is 1. The highest BCUT2D eigenvalue weighted by Gasteiger charge is 2.07. The smallest absolute Gasteiger partial charge is 0.250 e. The Labute approximate surface area is 148 Å². The molecule has 0 fully saturated rings. The number of aromatic nitrogens is 1. The van der Waals surface area contributed by atoms with Gasteiger partial charge in [-0.1, -0.05) is 35.1 Å². The number of halogens is 1. The second-order valence-electron chi connectivity index (χ2n) is 4.96. The lowest BCUT2D eigenvalue weighted by Gasteiger charge is -2.00. The minimum atomic E-state index is -0.237. The van der Waals surface area contributed by atoms with Gasteiger partial charge in [-0.15, -0.1) is 0 Å². The SMILES string of the molecule is CCOc1ccc2nc(NC(=O)C=Cc3cccc(Cl)c3)sc2c1. The summed E-state index contributed by atoms with van der Waals surface area (Å²) in [5, 5.41) is 3.96. The van der Waals surface area contributed by atoms with Crippen molar-refractivity contribution in [2.24, 2.45) is 0 Å². The zero-order valence-electron chi connectivity index (χ0n) is 13.0. The van der Waals surface area contributed by atoms with Gasteiger partial charge in [0.15, 0.2) is 5.13 Å². The number of amides is 1. The molecule has 24 heavy (non-hydrogen) atoms. The maximum atomic E-state index is 12.0. The lowest BCUT2D eigenvalue weighted by molar-refractivity contribution is -0.111. The van der Waals surface area contributed by atoms with Crippen LogP contribution in [0, 0.1) is 0 Å². The van der Waals surface area contributed by atoms with Gasteiger partial charge < -0.3 is 4.74 Å². The Kier molecular flexibility index (Phi) is 5.13. The van der Waals surface area contributed by atoms with Crippen molar-refractivity contribution in [3.8, 4) is 5.75 Å². The molecule has 1 amide bonds. The van der Waals surface area contributed by atoms with Gasteiger partial charge in [0.25, 0.3) is 0 Å². The lowest BCUT2D eigenvalue weighted by atomic mass is 10.2. The lowest BCUT2D eigenvalue weighted by Crippen LogP contribution is -2.07. The van der Waals surface area contributed by atoms with Crippen molar-refractivity contribution in [3.63, 3.8) is 0 Å². The van der Waals surface area contributed by atoms with Gasteiger partial charge in [-0.25, -0.2) is 4.98 Å². The first kappa shape index (κ1) is 16.5. The molecule has 1 N–H and O–H groups in total. The van der Waals surface area contributed by atoms with E-state index in [1.807, 2.05) is 37.3 Å². The fraction of sp³-hybridized carbons (Fsp3) is 0.111. The zero-order valence-corrected chi connectivity index (χ0v) is 14.5. The minimum Gasteiger partial charge on any atom is -0.494 e. The molecule has 0 spiro atoms. The van der Waals surface area contributed by atoms with Crippen molar-refractivity contribution in [1.29, 1.82) is 0 Å². The molecular weight excluding hydrogens is 344 g/mol. The number of carbonyl (C=O) groups is 1. The molecule has 0 saturated carbocycles. The van der Waals surface area contributed by atoms with Crippen LogP contribution in [0.5, 0.6) is 5.75 Å². The molecule has 122 valence electrons. The Balaban J connectivity index is 1.71. The molecular formula is C18H15ClN2O2S. The van der Waals surface area contributed by atoms with Crippen molar-refractivity contribution < 1.29 is 9.53 Å². The van der Waals surface area contributed by atoms with Crippen LogP contribution in [0.15, 0.2) is 48.5 Å². The Morgan fingerprint density at radius 3 is 3.00 bits per heavy atom. The molecule has 0 aliphatic heterocycles. The molecule has 3 aromatic rings. The van der Waals surface area contributed by atoms with Gasteiger partial charge in [-0.05, 0) is 48.9 Å². The molecule has 0 bridgehead atoms. The Hall–Kier alpha value is -2.37. The van der Waals surface area contributed by atoms with Gasteiger partial charge in [0.1, 0.15) is 5.75 Å². The first-order chi connectivity index (χ1) is 11.6. The quantitative estimate of drug-likeness (QED) is 0.653. The van der Waals surface area contributed by atoms with Gasteiger partial charge >= 0.3 is 0 Å². The third kappa shape index (κ3) is 4.13. The highest BCUT2D eigenvalue weighted by Crippen LogP contribution is 2.29. The van der Waals surface area contributed by atoms with Crippen LogP contribution < -0.4 is 10.1 Å². The average Bonchev–Trinajstić information content (AvgIpc) is 2.95. The van der Waals surface area contributed by atoms with E-state index in [-0.39, 0.29) is 5.91 Å². The van der Waals surface area contributed by atoms with E-state index in [0.717, 1.165) is 21.5 Å². The predicted octanol–water partition coefficient (Wildman–Crippen LogP) is 5.00. The van der Waals surface area contributed by atoms with Gasteiger partial charge in [-0.2, -0.15) is 0 Å². The van der Waals surface area contributed by atoms with Crippen molar-refractivity contribution in [2.75, 3.05) is 11.9 Å². The number of carbonyl (C=O) groups excluding carboxylic acids is 1. The molecule has 4 nitrogen and oxygen atoms in total. The number of fused-ring (bicyclic) bond motifs is 1. The fourth-order valence-electron chi connectivity index (χ4n) is 2.14. The molecule has 2 aromatic carbocycles. The molecule has 0 saturated heterocycles. The maximum absolute atomic E-state index is 12.0. The fourth-order valence-corrected chi connectivity index (χ4v) is 3.24. The summed E-state index contributed by atoms with van der Waals surface area (Å²) < 4.78 is 6.44. The van der Waals surface area contributed by atoms with E-state index in [0.29, 0.717) is 16.8 Å². The summed E-state index contributed by atoms with van der Waals surface area (Å²) in [6.07, 6.45) is 3.17. The van der Waals surface area contributed by atoms with Crippen molar-refractivity contribution >= 4 is 50.3 Å². The van der Waals surface area contributed by atoms with Gasteiger partial charge in [-0.3, -0.25) is 10.1 Å². The van der Waals surface area contributed by atoms with E-state index in [9.17, 15) is 4.79 Å². The highest BCUT2D eigenvalue weighted by atomic mass is 35.5. The largest absolute Gasteiger partial charge is 0.494 e. The van der Waals surface area contributed by atoms with Crippen LogP contribution in [-0.4, -0.2) is 17.5 Å². The topological polar surface area (TPSA) is 51.2 Å². The van der Waals surface area contributed by atoms with Crippen LogP contribution in [0.3, 0.4) is 0 Å². The average molecular weight is 359 g/mol. The number of nitrogens with zero attached hydrogens (tertiary/aromatic N) is 1. The zero-order chi connectivity index (χ0) is 16.9. The van der Waals surface area contributed by atoms with E-state index in [2.05, 4.69) is 10.3 Å². The molecule has 0 radical (unpaired) electrons. The molecule has 1 aromatic heterocycles. The molecule has 3 rings (SSSR count). The molecule has 0 unspecified atom stereocenters. The second kappa shape index (κ2) is 7.47. The number of rotatable bonds is 5. The van der Waals surface area contributed by atoms with Gasteiger partial charge in [0.2, 0.25) is 5.91 Å². The van der Waals surface area contributed by atoms with E-state index in [4.69, 9.17) is 16.3 Å². The van der Waals surface area contributed by atoms with Crippen LogP contribution in [0.2, 0.25) is 5.02 Å². The number of nitrogens with one attached hydrogen (secondary N) is 1. The summed E-state index contributed by atoms with van der Waals surface area (Å²) in [7, 11) is 0. The number of benzene rings is 2. The van der Waals surface area contributed by atoms with Crippen molar-refractivity contribution in [3.05, 3.63) is 59.1 Å². The van der Waals surface area contributed by atoms with E-state index >= 15 is 0 Å². The normalized spacial score (nSPS) is 11.1. The molecule has 6 heteroatoms. The number of hydrogen-bond acceptors (Lipinski definition) is 4. The summed E-state index contributed by atoms with van der Waals surface area (Å²) in [6, 6.07) is 13.0. The third-order valence-electron chi connectivity index (χ3n) is 3.18. The van der Waals surface area contributed by atoms with Crippen LogP contribution in [-0.2, 0) is 4.79 Å². The predicted molar refractivity (Wildman–Crippen MR) is 99.9 cm³/mol. The summed E-state index contributed by atoms with van der Waals surface area (Å²) in [4.78, 5) is 16.4. The molecule has 0 aliphatic carbocycles. The number of ether oxygens (including phenoxy) is 1. The van der Waals surface area contributed by atoms with E-state index in [1.54, 1.807) is 18.2 Å². The van der Waals surface area contributed by atoms with Gasteiger partial charge in [0, 0.05) is 11.1 Å². The molecule has 1 heterocycles. The molecule has 0 atom stereocenters. The van der Waals surface area contributed by atoms with Crippen LogP contribution in [0.1, 0.15) is 12.5 Å². The summed E-state index contributed by atoms with van der Waals surface area (Å²) in [5.41, 5.74) is 1.70. The monoisotopic (exact) mass is 358 g/mol. The second-order valence-corrected chi connectivity index (χ2v) is 6.43. The third-order valence-corrected chi connectivity index (χ3v) is 4.35. The van der Waals surface area contributed by atoms with Gasteiger partial charge in [0.05, 0.1) is 16.8 Å². The van der Waals surface area contributed by atoms with E-state index < -0.39 is 0 Å². The Morgan fingerprint density at radius 1 is 1.33 bits per heavy atom. The minimum absolute atomic E-state index is 0.237. The first-order valence-corrected chi connectivity index (χ1v) is 8.61. The number of anilines is 1. The summed E-state index contributed by atoms with van der Waals surface area (Å²) >= 11 is 7.33. The van der Waals surface area contributed by atoms with E-state index in [1.165, 1.54) is 17.4 Å². The highest BCUT2D eigenvalue weighted by molar-refractivity contribution is 7.22. The maximum Gasteiger partial charge on any atom is 0.250 e. The molecule has 0 aliphatic rings.